The molecule has 0 saturated heterocycles. The fourth-order valence-corrected chi connectivity index (χ4v) is 7.12. The van der Waals surface area contributed by atoms with E-state index in [0.717, 1.165) is 55.3 Å². The van der Waals surface area contributed by atoms with Gasteiger partial charge in [-0.2, -0.15) is 0 Å². The third-order valence-corrected chi connectivity index (χ3v) is 9.23. The van der Waals surface area contributed by atoms with E-state index < -0.39 is 0 Å². The maximum absolute atomic E-state index is 6.22. The number of rotatable bonds is 3. The minimum Gasteiger partial charge on any atom is -0.436 e. The maximum Gasteiger partial charge on any atom is 0.246 e. The van der Waals surface area contributed by atoms with E-state index in [1.807, 2.05) is 24.4 Å². The van der Waals surface area contributed by atoms with Crippen LogP contribution in [0.3, 0.4) is 0 Å². The van der Waals surface area contributed by atoms with Crippen molar-refractivity contribution in [2.75, 3.05) is 0 Å². The van der Waals surface area contributed by atoms with Gasteiger partial charge in [-0.1, -0.05) is 115 Å². The second-order valence-corrected chi connectivity index (χ2v) is 11.8. The summed E-state index contributed by atoms with van der Waals surface area (Å²) in [5.74, 6) is 0. The first kappa shape index (κ1) is 25.1. The second-order valence-electron chi connectivity index (χ2n) is 11.8. The van der Waals surface area contributed by atoms with Crippen LogP contribution in [0, 0.1) is 0 Å². The normalized spacial score (nSPS) is 11.9. The van der Waals surface area contributed by atoms with Crippen LogP contribution in [0.4, 0.5) is 0 Å². The van der Waals surface area contributed by atoms with Crippen molar-refractivity contribution in [2.24, 2.45) is 0 Å². The molecule has 0 aliphatic heterocycles. The van der Waals surface area contributed by atoms with Crippen LogP contribution in [0.5, 0.6) is 0 Å². The van der Waals surface area contributed by atoms with E-state index in [1.54, 1.807) is 0 Å². The lowest BCUT2D eigenvalue weighted by Gasteiger charge is -2.12. The fraction of sp³-hybridized carbons (Fsp3) is 0. The average Bonchev–Trinajstić information content (AvgIpc) is 3.68. The van der Waals surface area contributed by atoms with Crippen LogP contribution < -0.4 is 0 Å². The molecule has 4 nitrogen and oxygen atoms in total. The summed E-state index contributed by atoms with van der Waals surface area (Å²) in [6.45, 7) is 0. The highest BCUT2D eigenvalue weighted by Crippen LogP contribution is 2.38. The second kappa shape index (κ2) is 9.62. The van der Waals surface area contributed by atoms with Gasteiger partial charge in [-0.15, -0.1) is 0 Å². The zero-order chi connectivity index (χ0) is 30.2. The summed E-state index contributed by atoms with van der Waals surface area (Å²) < 4.78 is 8.63. The first-order valence-corrected chi connectivity index (χ1v) is 15.5. The van der Waals surface area contributed by atoms with Crippen LogP contribution in [0.1, 0.15) is 0 Å². The van der Waals surface area contributed by atoms with E-state index in [9.17, 15) is 0 Å². The molecule has 0 radical (unpaired) electrons. The van der Waals surface area contributed by atoms with Crippen molar-refractivity contribution in [3.8, 4) is 28.1 Å². The summed E-state index contributed by atoms with van der Waals surface area (Å²) in [4.78, 5) is 9.82. The zero-order valence-electron chi connectivity index (χ0n) is 24.7. The van der Waals surface area contributed by atoms with Crippen molar-refractivity contribution in [2.45, 2.75) is 0 Å². The molecule has 0 aliphatic rings. The lowest BCUT2D eigenvalue weighted by Crippen LogP contribution is -1.95. The summed E-state index contributed by atoms with van der Waals surface area (Å²) in [6.07, 6.45) is 1.86. The molecule has 214 valence electrons. The number of hydrogen-bond donors (Lipinski definition) is 0. The molecular formula is C42H25N3O. The fourth-order valence-electron chi connectivity index (χ4n) is 7.12. The molecule has 0 aliphatic carbocycles. The molecule has 0 bridgehead atoms. The summed E-state index contributed by atoms with van der Waals surface area (Å²) in [5.41, 5.74) is 9.71. The topological polar surface area (TPSA) is 43.9 Å². The van der Waals surface area contributed by atoms with Gasteiger partial charge < -0.3 is 8.98 Å². The number of hydrogen-bond acceptors (Lipinski definition) is 3. The number of para-hydroxylation sites is 1. The van der Waals surface area contributed by atoms with Gasteiger partial charge in [-0.25, -0.2) is 9.97 Å². The molecule has 10 aromatic rings. The van der Waals surface area contributed by atoms with Crippen LogP contribution in [0.15, 0.2) is 156 Å². The van der Waals surface area contributed by atoms with E-state index in [1.165, 1.54) is 32.6 Å². The molecule has 0 unspecified atom stereocenters. The lowest BCUT2D eigenvalue weighted by molar-refractivity contribution is 0.654. The van der Waals surface area contributed by atoms with E-state index in [0.29, 0.717) is 5.71 Å². The molecular weight excluding hydrogens is 562 g/mol. The molecule has 0 amide bonds. The third-order valence-electron chi connectivity index (χ3n) is 9.23. The molecule has 0 atom stereocenters. The molecule has 0 fully saturated rings. The Morgan fingerprint density at radius 1 is 0.522 bits per heavy atom. The SMILES string of the molecule is c1cc(-c2cccc(-n3c4ccccc4c4ccc5ccccc5c43)c2)cc(-c2cnc3c(n2)oc2ccc4ccccc4c23)c1. The van der Waals surface area contributed by atoms with Crippen LogP contribution in [0.2, 0.25) is 0 Å². The Bertz CT molecular complexity index is 2820. The van der Waals surface area contributed by atoms with Gasteiger partial charge in [0.1, 0.15) is 11.1 Å². The van der Waals surface area contributed by atoms with Crippen molar-refractivity contribution >= 4 is 65.6 Å². The molecule has 7 aromatic carbocycles. The summed E-state index contributed by atoms with van der Waals surface area (Å²) in [6, 6.07) is 51.5. The quantitative estimate of drug-likeness (QED) is 0.207. The van der Waals surface area contributed by atoms with E-state index in [-0.39, 0.29) is 0 Å². The number of fused-ring (bicyclic) bond motifs is 10. The van der Waals surface area contributed by atoms with E-state index >= 15 is 0 Å². The molecule has 3 heterocycles. The van der Waals surface area contributed by atoms with Gasteiger partial charge in [0.15, 0.2) is 0 Å². The Hall–Kier alpha value is -6.26. The van der Waals surface area contributed by atoms with Crippen LogP contribution in [-0.4, -0.2) is 14.5 Å². The van der Waals surface area contributed by atoms with Crippen LogP contribution >= 0.6 is 0 Å². The molecule has 4 heteroatoms. The zero-order valence-corrected chi connectivity index (χ0v) is 24.7. The molecule has 3 aromatic heterocycles. The standard InChI is InChI=1S/C42H25N3O/c1-3-15-32-26(9-1)20-22-38-39(32)40-42(46-38)44-36(25-43-40)30-13-7-11-28(23-30)29-12-8-14-31(24-29)45-37-18-6-5-17-34(37)35-21-19-27-10-2-4-16-33(27)41(35)45/h1-25H. The Morgan fingerprint density at radius 2 is 1.22 bits per heavy atom. The number of benzene rings is 7. The summed E-state index contributed by atoms with van der Waals surface area (Å²) >= 11 is 0. The van der Waals surface area contributed by atoms with E-state index in [4.69, 9.17) is 14.4 Å². The van der Waals surface area contributed by atoms with Crippen LogP contribution in [0.25, 0.3) is 93.6 Å². The predicted octanol–water partition coefficient (Wildman–Crippen LogP) is 11.1. The highest BCUT2D eigenvalue weighted by molar-refractivity contribution is 6.19. The van der Waals surface area contributed by atoms with Crippen LogP contribution in [-0.2, 0) is 0 Å². The third kappa shape index (κ3) is 3.67. The van der Waals surface area contributed by atoms with Gasteiger partial charge in [-0.3, -0.25) is 0 Å². The Labute approximate surface area is 263 Å². The number of furan rings is 1. The van der Waals surface area contributed by atoms with Gasteiger partial charge in [0.25, 0.3) is 0 Å². The Balaban J connectivity index is 1.11. The van der Waals surface area contributed by atoms with Crippen molar-refractivity contribution in [1.29, 1.82) is 0 Å². The lowest BCUT2D eigenvalue weighted by atomic mass is 10.0. The molecule has 0 saturated carbocycles. The first-order valence-electron chi connectivity index (χ1n) is 15.5. The largest absolute Gasteiger partial charge is 0.436 e. The minimum absolute atomic E-state index is 0.551. The highest BCUT2D eigenvalue weighted by Gasteiger charge is 2.17. The van der Waals surface area contributed by atoms with Crippen molar-refractivity contribution in [3.05, 3.63) is 152 Å². The van der Waals surface area contributed by atoms with Crippen molar-refractivity contribution < 1.29 is 4.42 Å². The van der Waals surface area contributed by atoms with E-state index in [2.05, 4.69) is 132 Å². The monoisotopic (exact) mass is 587 g/mol. The van der Waals surface area contributed by atoms with Gasteiger partial charge in [0, 0.05) is 27.4 Å². The molecule has 0 N–H and O–H groups in total. The summed E-state index contributed by atoms with van der Waals surface area (Å²) in [7, 11) is 0. The molecule has 10 rings (SSSR count). The van der Waals surface area contributed by atoms with Gasteiger partial charge >= 0.3 is 0 Å². The van der Waals surface area contributed by atoms with Gasteiger partial charge in [-0.05, 0) is 57.6 Å². The highest BCUT2D eigenvalue weighted by atomic mass is 16.3. The number of nitrogens with zero attached hydrogens (tertiary/aromatic N) is 3. The van der Waals surface area contributed by atoms with Gasteiger partial charge in [0.05, 0.1) is 28.3 Å². The average molecular weight is 588 g/mol. The molecule has 46 heavy (non-hydrogen) atoms. The number of aromatic nitrogens is 3. The first-order chi connectivity index (χ1) is 22.8. The smallest absolute Gasteiger partial charge is 0.246 e. The summed E-state index contributed by atoms with van der Waals surface area (Å²) in [5, 5.41) is 8.29. The van der Waals surface area contributed by atoms with Crippen molar-refractivity contribution in [3.63, 3.8) is 0 Å². The van der Waals surface area contributed by atoms with Crippen molar-refractivity contribution in [1.82, 2.24) is 14.5 Å². The maximum atomic E-state index is 6.22. The minimum atomic E-state index is 0.551. The Morgan fingerprint density at radius 3 is 2.11 bits per heavy atom. The molecule has 0 spiro atoms. The Kier molecular flexibility index (Phi) is 5.25. The van der Waals surface area contributed by atoms with Gasteiger partial charge in [0.2, 0.25) is 5.71 Å². The predicted molar refractivity (Wildman–Crippen MR) is 190 cm³/mol.